The summed E-state index contributed by atoms with van der Waals surface area (Å²) in [5.41, 5.74) is 1.61. The second-order valence-corrected chi connectivity index (χ2v) is 5.07. The topological polar surface area (TPSA) is 43.4 Å². The van der Waals surface area contributed by atoms with E-state index in [1.165, 1.54) is 6.92 Å². The van der Waals surface area contributed by atoms with Crippen LogP contribution >= 0.6 is 11.6 Å². The SMILES string of the molecule is CC(=O)OC/C(=C/c1ccccc1Cl)C(=O)c1ccccc1. The van der Waals surface area contributed by atoms with Gasteiger partial charge in [-0.3, -0.25) is 9.59 Å². The van der Waals surface area contributed by atoms with Crippen LogP contribution in [0.3, 0.4) is 0 Å². The van der Waals surface area contributed by atoms with Gasteiger partial charge in [-0.1, -0.05) is 60.1 Å². The normalized spacial score (nSPS) is 11.1. The Labute approximate surface area is 134 Å². The van der Waals surface area contributed by atoms with Crippen LogP contribution in [0.25, 0.3) is 6.08 Å². The van der Waals surface area contributed by atoms with Crippen LogP contribution in [0.15, 0.2) is 60.2 Å². The molecule has 2 rings (SSSR count). The third-order valence-electron chi connectivity index (χ3n) is 2.99. The zero-order valence-corrected chi connectivity index (χ0v) is 12.8. The Morgan fingerprint density at radius 3 is 2.32 bits per heavy atom. The van der Waals surface area contributed by atoms with Gasteiger partial charge in [-0.05, 0) is 17.7 Å². The number of carbonyl (C=O) groups excluding carboxylic acids is 2. The van der Waals surface area contributed by atoms with Gasteiger partial charge in [-0.15, -0.1) is 0 Å². The standard InChI is InChI=1S/C18H15ClO3/c1-13(20)22-12-16(11-15-9-5-6-10-17(15)19)18(21)14-7-3-2-4-8-14/h2-11H,12H2,1H3/b16-11-. The summed E-state index contributed by atoms with van der Waals surface area (Å²) in [5, 5.41) is 0.531. The molecule has 0 aromatic heterocycles. The molecule has 0 amide bonds. The highest BCUT2D eigenvalue weighted by Crippen LogP contribution is 2.20. The number of halogens is 1. The first-order chi connectivity index (χ1) is 10.6. The van der Waals surface area contributed by atoms with Crippen LogP contribution < -0.4 is 0 Å². The lowest BCUT2D eigenvalue weighted by molar-refractivity contribution is -0.139. The Morgan fingerprint density at radius 1 is 1.05 bits per heavy atom. The quantitative estimate of drug-likeness (QED) is 0.472. The second-order valence-electron chi connectivity index (χ2n) is 4.67. The number of carbonyl (C=O) groups is 2. The summed E-state index contributed by atoms with van der Waals surface area (Å²) >= 11 is 6.12. The van der Waals surface area contributed by atoms with Crippen molar-refractivity contribution in [3.8, 4) is 0 Å². The molecule has 0 spiro atoms. The lowest BCUT2D eigenvalue weighted by atomic mass is 10.0. The largest absolute Gasteiger partial charge is 0.461 e. The van der Waals surface area contributed by atoms with Crippen LogP contribution in [-0.4, -0.2) is 18.4 Å². The summed E-state index contributed by atoms with van der Waals surface area (Å²) in [7, 11) is 0. The molecule has 22 heavy (non-hydrogen) atoms. The first-order valence-corrected chi connectivity index (χ1v) is 7.14. The Kier molecular flexibility index (Phi) is 5.50. The highest BCUT2D eigenvalue weighted by atomic mass is 35.5. The van der Waals surface area contributed by atoms with Gasteiger partial charge in [0, 0.05) is 23.1 Å². The average molecular weight is 315 g/mol. The van der Waals surface area contributed by atoms with Crippen LogP contribution in [-0.2, 0) is 9.53 Å². The van der Waals surface area contributed by atoms with Crippen molar-refractivity contribution < 1.29 is 14.3 Å². The first kappa shape index (κ1) is 16.0. The highest BCUT2D eigenvalue weighted by Gasteiger charge is 2.14. The first-order valence-electron chi connectivity index (χ1n) is 6.76. The van der Waals surface area contributed by atoms with E-state index in [1.54, 1.807) is 42.5 Å². The minimum atomic E-state index is -0.439. The van der Waals surface area contributed by atoms with Crippen LogP contribution in [0, 0.1) is 0 Å². The summed E-state index contributed by atoms with van der Waals surface area (Å²) in [5.74, 6) is -0.632. The summed E-state index contributed by atoms with van der Waals surface area (Å²) < 4.78 is 4.99. The minimum absolute atomic E-state index is 0.0890. The Balaban J connectivity index is 2.36. The highest BCUT2D eigenvalue weighted by molar-refractivity contribution is 6.32. The molecule has 2 aromatic rings. The van der Waals surface area contributed by atoms with Crippen LogP contribution in [0.1, 0.15) is 22.8 Å². The zero-order chi connectivity index (χ0) is 15.9. The molecule has 0 aliphatic carbocycles. The molecule has 0 saturated carbocycles. The molecule has 2 aromatic carbocycles. The zero-order valence-electron chi connectivity index (χ0n) is 12.1. The van der Waals surface area contributed by atoms with E-state index >= 15 is 0 Å². The molecule has 3 nitrogen and oxygen atoms in total. The fourth-order valence-electron chi connectivity index (χ4n) is 1.91. The third kappa shape index (κ3) is 4.30. The molecule has 0 N–H and O–H groups in total. The van der Waals surface area contributed by atoms with Crippen molar-refractivity contribution in [2.45, 2.75) is 6.92 Å². The number of esters is 1. The van der Waals surface area contributed by atoms with E-state index in [2.05, 4.69) is 0 Å². The molecule has 0 aliphatic rings. The van der Waals surface area contributed by atoms with E-state index in [9.17, 15) is 9.59 Å². The molecule has 0 fully saturated rings. The summed E-state index contributed by atoms with van der Waals surface area (Å²) in [4.78, 5) is 23.6. The fourth-order valence-corrected chi connectivity index (χ4v) is 2.10. The third-order valence-corrected chi connectivity index (χ3v) is 3.34. The molecule has 0 atom stereocenters. The summed E-state index contributed by atoms with van der Waals surface area (Å²) in [6, 6.07) is 16.0. The molecule has 112 valence electrons. The molecule has 0 heterocycles. The van der Waals surface area contributed by atoms with Crippen molar-refractivity contribution in [2.75, 3.05) is 6.61 Å². The van der Waals surface area contributed by atoms with Gasteiger partial charge < -0.3 is 4.74 Å². The van der Waals surface area contributed by atoms with E-state index in [0.29, 0.717) is 21.7 Å². The number of hydrogen-bond donors (Lipinski definition) is 0. The van der Waals surface area contributed by atoms with E-state index in [4.69, 9.17) is 16.3 Å². The van der Waals surface area contributed by atoms with Crippen LogP contribution in [0.4, 0.5) is 0 Å². The molecule has 0 saturated heterocycles. The van der Waals surface area contributed by atoms with Gasteiger partial charge in [-0.2, -0.15) is 0 Å². The number of Topliss-reactive ketones (excluding diaryl/α,β-unsaturated/α-hetero) is 1. The summed E-state index contributed by atoms with van der Waals surface area (Å²) in [6.07, 6.45) is 1.65. The maximum atomic E-state index is 12.6. The van der Waals surface area contributed by atoms with Gasteiger partial charge in [-0.25, -0.2) is 0 Å². The number of rotatable bonds is 5. The van der Waals surface area contributed by atoms with E-state index in [0.717, 1.165) is 0 Å². The van der Waals surface area contributed by atoms with Crippen LogP contribution in [0.2, 0.25) is 5.02 Å². The molecule has 0 radical (unpaired) electrons. The predicted molar refractivity (Wildman–Crippen MR) is 86.8 cm³/mol. The van der Waals surface area contributed by atoms with Gasteiger partial charge in [0.05, 0.1) is 0 Å². The number of ketones is 1. The van der Waals surface area contributed by atoms with Gasteiger partial charge in [0.25, 0.3) is 0 Å². The van der Waals surface area contributed by atoms with Crippen molar-refractivity contribution in [3.63, 3.8) is 0 Å². The predicted octanol–water partition coefficient (Wildman–Crippen LogP) is 4.17. The monoisotopic (exact) mass is 314 g/mol. The van der Waals surface area contributed by atoms with Crippen molar-refractivity contribution >= 4 is 29.4 Å². The van der Waals surface area contributed by atoms with Crippen molar-refractivity contribution in [2.24, 2.45) is 0 Å². The van der Waals surface area contributed by atoms with Gasteiger partial charge in [0.1, 0.15) is 6.61 Å². The number of hydrogen-bond acceptors (Lipinski definition) is 3. The Bertz CT molecular complexity index is 705. The van der Waals surface area contributed by atoms with Crippen molar-refractivity contribution in [1.82, 2.24) is 0 Å². The van der Waals surface area contributed by atoms with Gasteiger partial charge in [0.15, 0.2) is 5.78 Å². The molecular formula is C18H15ClO3. The van der Waals surface area contributed by atoms with Gasteiger partial charge in [0.2, 0.25) is 0 Å². The average Bonchev–Trinajstić information content (AvgIpc) is 2.53. The van der Waals surface area contributed by atoms with Crippen molar-refractivity contribution in [3.05, 3.63) is 76.3 Å². The van der Waals surface area contributed by atoms with E-state index < -0.39 is 5.97 Å². The molecule has 0 unspecified atom stereocenters. The Hall–Kier alpha value is -2.39. The maximum Gasteiger partial charge on any atom is 0.302 e. The minimum Gasteiger partial charge on any atom is -0.461 e. The molecule has 4 heteroatoms. The molecular weight excluding hydrogens is 300 g/mol. The fraction of sp³-hybridized carbons (Fsp3) is 0.111. The summed E-state index contributed by atoms with van der Waals surface area (Å²) in [6.45, 7) is 1.22. The maximum absolute atomic E-state index is 12.6. The van der Waals surface area contributed by atoms with Gasteiger partial charge >= 0.3 is 5.97 Å². The number of benzene rings is 2. The molecule has 0 bridgehead atoms. The second kappa shape index (κ2) is 7.57. The van der Waals surface area contributed by atoms with E-state index in [1.807, 2.05) is 18.2 Å². The van der Waals surface area contributed by atoms with Crippen LogP contribution in [0.5, 0.6) is 0 Å². The Morgan fingerprint density at radius 2 is 1.68 bits per heavy atom. The molecule has 0 aliphatic heterocycles. The van der Waals surface area contributed by atoms with E-state index in [-0.39, 0.29) is 12.4 Å². The smallest absolute Gasteiger partial charge is 0.302 e. The van der Waals surface area contributed by atoms with Crippen molar-refractivity contribution in [1.29, 1.82) is 0 Å². The lowest BCUT2D eigenvalue weighted by Crippen LogP contribution is -2.12. The number of ether oxygens (including phenoxy) is 1. The lowest BCUT2D eigenvalue weighted by Gasteiger charge is -2.08.